The van der Waals surface area contributed by atoms with Crippen LogP contribution < -0.4 is 10.6 Å². The number of allylic oxidation sites excluding steroid dienone is 2. The maximum Gasteiger partial charge on any atom is 0.227 e. The Morgan fingerprint density at radius 1 is 1.25 bits per heavy atom. The van der Waals surface area contributed by atoms with E-state index in [4.69, 9.17) is 0 Å². The average Bonchev–Trinajstić information content (AvgIpc) is 2.43. The topological polar surface area (TPSA) is 58.2 Å². The molecule has 1 aliphatic carbocycles. The van der Waals surface area contributed by atoms with Crippen molar-refractivity contribution in [3.05, 3.63) is 36.2 Å². The molecule has 2 N–H and O–H groups in total. The summed E-state index contributed by atoms with van der Waals surface area (Å²) in [7, 11) is 0. The van der Waals surface area contributed by atoms with E-state index in [1.165, 1.54) is 25.1 Å². The fourth-order valence-corrected chi connectivity index (χ4v) is 2.16. The first-order chi connectivity index (χ1) is 9.56. The van der Waals surface area contributed by atoms with Gasteiger partial charge in [0.1, 0.15) is 5.82 Å². The van der Waals surface area contributed by atoms with Gasteiger partial charge in [0.05, 0.1) is 5.69 Å². The van der Waals surface area contributed by atoms with E-state index in [0.717, 1.165) is 19.3 Å². The summed E-state index contributed by atoms with van der Waals surface area (Å²) in [6, 6.07) is 4.13. The molecular formula is C15H17FN2O2. The van der Waals surface area contributed by atoms with Crippen molar-refractivity contribution in [1.82, 2.24) is 0 Å². The Morgan fingerprint density at radius 3 is 2.70 bits per heavy atom. The summed E-state index contributed by atoms with van der Waals surface area (Å²) in [5.74, 6) is -1.01. The molecule has 1 aromatic carbocycles. The monoisotopic (exact) mass is 276 g/mol. The van der Waals surface area contributed by atoms with Crippen molar-refractivity contribution in [3.63, 3.8) is 0 Å². The van der Waals surface area contributed by atoms with Crippen molar-refractivity contribution >= 4 is 23.2 Å². The highest BCUT2D eigenvalue weighted by atomic mass is 19.1. The van der Waals surface area contributed by atoms with Gasteiger partial charge in [-0.2, -0.15) is 0 Å². The Kier molecular flexibility index (Phi) is 4.50. The van der Waals surface area contributed by atoms with Gasteiger partial charge in [0, 0.05) is 18.5 Å². The van der Waals surface area contributed by atoms with Gasteiger partial charge in [-0.15, -0.1) is 0 Å². The highest BCUT2D eigenvalue weighted by Gasteiger charge is 2.19. The molecule has 0 aliphatic heterocycles. The first-order valence-electron chi connectivity index (χ1n) is 6.59. The van der Waals surface area contributed by atoms with E-state index >= 15 is 0 Å². The van der Waals surface area contributed by atoms with E-state index in [-0.39, 0.29) is 23.4 Å². The molecule has 0 fully saturated rings. The van der Waals surface area contributed by atoms with E-state index in [2.05, 4.69) is 16.7 Å². The number of rotatable bonds is 3. The second-order valence-corrected chi connectivity index (χ2v) is 4.85. The second-order valence-electron chi connectivity index (χ2n) is 4.85. The molecule has 1 unspecified atom stereocenters. The third-order valence-corrected chi connectivity index (χ3v) is 3.18. The lowest BCUT2D eigenvalue weighted by molar-refractivity contribution is -0.120. The molecule has 0 heterocycles. The van der Waals surface area contributed by atoms with E-state index in [9.17, 15) is 14.0 Å². The molecule has 0 aromatic heterocycles. The van der Waals surface area contributed by atoms with Crippen molar-refractivity contribution in [2.45, 2.75) is 26.2 Å². The molecule has 5 heteroatoms. The van der Waals surface area contributed by atoms with Crippen molar-refractivity contribution in [3.8, 4) is 0 Å². The number of anilines is 2. The summed E-state index contributed by atoms with van der Waals surface area (Å²) < 4.78 is 13.5. The van der Waals surface area contributed by atoms with Crippen LogP contribution in [0, 0.1) is 11.7 Å². The summed E-state index contributed by atoms with van der Waals surface area (Å²) in [4.78, 5) is 23.0. The van der Waals surface area contributed by atoms with Crippen LogP contribution in [0.2, 0.25) is 0 Å². The lowest BCUT2D eigenvalue weighted by atomic mass is 9.93. The number of hydrogen-bond donors (Lipinski definition) is 2. The molecule has 0 saturated carbocycles. The van der Waals surface area contributed by atoms with E-state index in [1.807, 2.05) is 6.08 Å². The van der Waals surface area contributed by atoms with Gasteiger partial charge < -0.3 is 10.6 Å². The first-order valence-corrected chi connectivity index (χ1v) is 6.59. The molecule has 2 rings (SSSR count). The lowest BCUT2D eigenvalue weighted by Gasteiger charge is -2.17. The van der Waals surface area contributed by atoms with E-state index in [1.54, 1.807) is 0 Å². The van der Waals surface area contributed by atoms with Crippen LogP contribution in [0.4, 0.5) is 15.8 Å². The molecule has 1 aliphatic rings. The van der Waals surface area contributed by atoms with Crippen LogP contribution in [-0.2, 0) is 9.59 Å². The van der Waals surface area contributed by atoms with Gasteiger partial charge in [0.25, 0.3) is 0 Å². The summed E-state index contributed by atoms with van der Waals surface area (Å²) in [6.07, 6.45) is 6.52. The Labute approximate surface area is 117 Å². The van der Waals surface area contributed by atoms with Crippen molar-refractivity contribution in [2.24, 2.45) is 5.92 Å². The van der Waals surface area contributed by atoms with Gasteiger partial charge in [-0.25, -0.2) is 4.39 Å². The Balaban J connectivity index is 2.07. The normalized spacial score (nSPS) is 17.6. The number of halogens is 1. The summed E-state index contributed by atoms with van der Waals surface area (Å²) in [6.45, 7) is 1.30. The molecule has 1 aromatic rings. The number of hydrogen-bond acceptors (Lipinski definition) is 2. The SMILES string of the molecule is CC(=O)Nc1cc(NC(=O)C2CC=CCC2)ccc1F. The van der Waals surface area contributed by atoms with Gasteiger partial charge in [0.15, 0.2) is 0 Å². The molecule has 4 nitrogen and oxygen atoms in total. The largest absolute Gasteiger partial charge is 0.326 e. The number of amides is 2. The van der Waals surface area contributed by atoms with E-state index < -0.39 is 5.82 Å². The smallest absolute Gasteiger partial charge is 0.227 e. The van der Waals surface area contributed by atoms with Crippen LogP contribution in [0.25, 0.3) is 0 Å². The van der Waals surface area contributed by atoms with Crippen LogP contribution in [0.5, 0.6) is 0 Å². The fraction of sp³-hybridized carbons (Fsp3) is 0.333. The van der Waals surface area contributed by atoms with Crippen molar-refractivity contribution in [2.75, 3.05) is 10.6 Å². The quantitative estimate of drug-likeness (QED) is 0.833. The van der Waals surface area contributed by atoms with Gasteiger partial charge in [-0.05, 0) is 37.5 Å². The number of benzene rings is 1. The first kappa shape index (κ1) is 14.2. The number of carbonyl (C=O) groups is 2. The van der Waals surface area contributed by atoms with Gasteiger partial charge in [-0.3, -0.25) is 9.59 Å². The van der Waals surface area contributed by atoms with Crippen LogP contribution in [0.1, 0.15) is 26.2 Å². The van der Waals surface area contributed by atoms with Crippen molar-refractivity contribution < 1.29 is 14.0 Å². The molecule has 0 saturated heterocycles. The number of carbonyl (C=O) groups excluding carboxylic acids is 2. The minimum Gasteiger partial charge on any atom is -0.326 e. The maximum absolute atomic E-state index is 13.5. The highest BCUT2D eigenvalue weighted by molar-refractivity contribution is 5.94. The van der Waals surface area contributed by atoms with Gasteiger partial charge in [-0.1, -0.05) is 12.2 Å². The lowest BCUT2D eigenvalue weighted by Crippen LogP contribution is -2.23. The molecule has 0 radical (unpaired) electrons. The minimum absolute atomic E-state index is 0.0470. The van der Waals surface area contributed by atoms with Gasteiger partial charge >= 0.3 is 0 Å². The molecule has 106 valence electrons. The Morgan fingerprint density at radius 2 is 2.05 bits per heavy atom. The van der Waals surface area contributed by atoms with Crippen molar-refractivity contribution in [1.29, 1.82) is 0 Å². The minimum atomic E-state index is -0.529. The summed E-state index contributed by atoms with van der Waals surface area (Å²) in [5.41, 5.74) is 0.550. The molecule has 1 atom stereocenters. The van der Waals surface area contributed by atoms with E-state index in [0.29, 0.717) is 5.69 Å². The Hall–Kier alpha value is -2.17. The zero-order valence-electron chi connectivity index (χ0n) is 11.3. The van der Waals surface area contributed by atoms with Crippen LogP contribution in [-0.4, -0.2) is 11.8 Å². The highest BCUT2D eigenvalue weighted by Crippen LogP contribution is 2.23. The zero-order valence-corrected chi connectivity index (χ0v) is 11.3. The molecular weight excluding hydrogens is 259 g/mol. The Bertz CT molecular complexity index is 555. The predicted molar refractivity (Wildman–Crippen MR) is 75.8 cm³/mol. The predicted octanol–water partition coefficient (Wildman–Crippen LogP) is 3.08. The average molecular weight is 276 g/mol. The molecule has 20 heavy (non-hydrogen) atoms. The zero-order chi connectivity index (χ0) is 14.5. The number of nitrogens with one attached hydrogen (secondary N) is 2. The maximum atomic E-state index is 13.5. The molecule has 0 spiro atoms. The fourth-order valence-electron chi connectivity index (χ4n) is 2.16. The second kappa shape index (κ2) is 6.32. The van der Waals surface area contributed by atoms with Gasteiger partial charge in [0.2, 0.25) is 11.8 Å². The molecule has 0 bridgehead atoms. The summed E-state index contributed by atoms with van der Waals surface area (Å²) in [5, 5.41) is 5.15. The van der Waals surface area contributed by atoms with Crippen LogP contribution in [0.3, 0.4) is 0 Å². The third-order valence-electron chi connectivity index (χ3n) is 3.18. The van der Waals surface area contributed by atoms with Crippen LogP contribution in [0.15, 0.2) is 30.4 Å². The third kappa shape index (κ3) is 3.66. The van der Waals surface area contributed by atoms with Crippen LogP contribution >= 0.6 is 0 Å². The molecule has 2 amide bonds. The summed E-state index contributed by atoms with van der Waals surface area (Å²) >= 11 is 0. The standard InChI is InChI=1S/C15H17FN2O2/c1-10(19)17-14-9-12(7-8-13(14)16)18-15(20)11-5-3-2-4-6-11/h2-3,7-9,11H,4-6H2,1H3,(H,17,19)(H,18,20).